The quantitative estimate of drug-likeness (QED) is 0.299. The van der Waals surface area contributed by atoms with Gasteiger partial charge in [0, 0.05) is 18.8 Å². The van der Waals surface area contributed by atoms with E-state index in [9.17, 15) is 0 Å². The summed E-state index contributed by atoms with van der Waals surface area (Å²) >= 11 is 0. The third-order valence-electron chi connectivity index (χ3n) is 4.10. The van der Waals surface area contributed by atoms with Gasteiger partial charge in [0.15, 0.2) is 0 Å². The highest BCUT2D eigenvalue weighted by Gasteiger charge is 2.12. The molecule has 0 bridgehead atoms. The topological polar surface area (TPSA) is 55.9 Å². The predicted molar refractivity (Wildman–Crippen MR) is 85.4 cm³/mol. The fourth-order valence-electron chi connectivity index (χ4n) is 2.67. The van der Waals surface area contributed by atoms with Crippen molar-refractivity contribution in [3.63, 3.8) is 0 Å². The first-order valence-corrected chi connectivity index (χ1v) is 7.66. The monoisotopic (exact) mass is 278 g/mol. The van der Waals surface area contributed by atoms with E-state index < -0.39 is 0 Å². The number of rotatable bonds is 10. The molecular formula is C16H30N4. The Kier molecular flexibility index (Phi) is 7.55. The standard InChI is InChI=1S/C16H30N4/c1-5-6-7-8-9-10-15(18-17)11-12-16-13(2)19-20(4)14(16)3/h5,15,18H,1,6-12,17H2,2-4H3. The SMILES string of the molecule is C=CCCCCCC(CCc1c(C)nn(C)c1C)NN. The van der Waals surface area contributed by atoms with Crippen LogP contribution in [-0.2, 0) is 13.5 Å². The van der Waals surface area contributed by atoms with Gasteiger partial charge in [0.2, 0.25) is 0 Å². The van der Waals surface area contributed by atoms with Crippen molar-refractivity contribution in [2.24, 2.45) is 12.9 Å². The smallest absolute Gasteiger partial charge is 0.0628 e. The lowest BCUT2D eigenvalue weighted by Crippen LogP contribution is -2.35. The molecule has 1 aromatic heterocycles. The van der Waals surface area contributed by atoms with Gasteiger partial charge in [-0.25, -0.2) is 0 Å². The van der Waals surface area contributed by atoms with Crippen LogP contribution in [0.25, 0.3) is 0 Å². The molecule has 0 aromatic carbocycles. The lowest BCUT2D eigenvalue weighted by Gasteiger charge is -2.15. The Morgan fingerprint density at radius 1 is 1.30 bits per heavy atom. The average molecular weight is 278 g/mol. The third-order valence-corrected chi connectivity index (χ3v) is 4.10. The first-order chi connectivity index (χ1) is 9.60. The fourth-order valence-corrected chi connectivity index (χ4v) is 2.67. The molecule has 4 nitrogen and oxygen atoms in total. The van der Waals surface area contributed by atoms with Crippen LogP contribution in [0, 0.1) is 13.8 Å². The zero-order valence-electron chi connectivity index (χ0n) is 13.3. The van der Waals surface area contributed by atoms with Crippen molar-refractivity contribution >= 4 is 0 Å². The van der Waals surface area contributed by atoms with Crippen molar-refractivity contribution in [3.05, 3.63) is 29.6 Å². The van der Waals surface area contributed by atoms with Gasteiger partial charge in [0.25, 0.3) is 0 Å². The van der Waals surface area contributed by atoms with E-state index in [-0.39, 0.29) is 0 Å². The van der Waals surface area contributed by atoms with Crippen LogP contribution in [0.4, 0.5) is 0 Å². The number of hydrazine groups is 1. The number of nitrogens with one attached hydrogen (secondary N) is 1. The minimum atomic E-state index is 0.401. The van der Waals surface area contributed by atoms with Crippen molar-refractivity contribution < 1.29 is 0 Å². The van der Waals surface area contributed by atoms with Crippen LogP contribution in [0.5, 0.6) is 0 Å². The Balaban J connectivity index is 2.35. The summed E-state index contributed by atoms with van der Waals surface area (Å²) in [6.07, 6.45) is 10.1. The van der Waals surface area contributed by atoms with E-state index >= 15 is 0 Å². The summed E-state index contributed by atoms with van der Waals surface area (Å²) in [7, 11) is 2.00. The second-order valence-corrected chi connectivity index (χ2v) is 5.60. The maximum atomic E-state index is 5.67. The highest BCUT2D eigenvalue weighted by molar-refractivity contribution is 5.24. The summed E-state index contributed by atoms with van der Waals surface area (Å²) in [6.45, 7) is 7.97. The molecule has 0 aliphatic heterocycles. The van der Waals surface area contributed by atoms with Gasteiger partial charge < -0.3 is 0 Å². The molecule has 0 aliphatic rings. The molecule has 1 heterocycles. The highest BCUT2D eigenvalue weighted by atomic mass is 15.3. The molecule has 4 heteroatoms. The molecule has 1 aromatic rings. The van der Waals surface area contributed by atoms with Gasteiger partial charge in [-0.05, 0) is 51.5 Å². The van der Waals surface area contributed by atoms with E-state index in [4.69, 9.17) is 5.84 Å². The molecule has 1 atom stereocenters. The summed E-state index contributed by atoms with van der Waals surface area (Å²) in [5.74, 6) is 5.67. The van der Waals surface area contributed by atoms with Crippen LogP contribution >= 0.6 is 0 Å². The molecular weight excluding hydrogens is 248 g/mol. The zero-order chi connectivity index (χ0) is 15.0. The van der Waals surface area contributed by atoms with E-state index in [2.05, 4.69) is 31.0 Å². The van der Waals surface area contributed by atoms with Crippen molar-refractivity contribution in [3.8, 4) is 0 Å². The molecule has 0 fully saturated rings. The first kappa shape index (κ1) is 16.9. The van der Waals surface area contributed by atoms with E-state index in [1.54, 1.807) is 0 Å². The Hall–Kier alpha value is -1.13. The minimum absolute atomic E-state index is 0.401. The number of unbranched alkanes of at least 4 members (excludes halogenated alkanes) is 3. The maximum absolute atomic E-state index is 5.67. The fraction of sp³-hybridized carbons (Fsp3) is 0.688. The Morgan fingerprint density at radius 3 is 2.60 bits per heavy atom. The second kappa shape index (κ2) is 8.93. The Morgan fingerprint density at radius 2 is 2.05 bits per heavy atom. The molecule has 114 valence electrons. The highest BCUT2D eigenvalue weighted by Crippen LogP contribution is 2.16. The molecule has 20 heavy (non-hydrogen) atoms. The van der Waals surface area contributed by atoms with Crippen molar-refractivity contribution in [2.45, 2.75) is 64.8 Å². The van der Waals surface area contributed by atoms with Crippen LogP contribution in [0.2, 0.25) is 0 Å². The largest absolute Gasteiger partial charge is 0.272 e. The molecule has 0 spiro atoms. The Labute approximate surface area is 123 Å². The van der Waals surface area contributed by atoms with Crippen molar-refractivity contribution in [1.29, 1.82) is 0 Å². The number of hydrogen-bond donors (Lipinski definition) is 2. The lowest BCUT2D eigenvalue weighted by molar-refractivity contribution is 0.441. The molecule has 1 rings (SSSR count). The number of nitrogens with two attached hydrogens (primary N) is 1. The molecule has 0 amide bonds. The summed E-state index contributed by atoms with van der Waals surface area (Å²) in [5.41, 5.74) is 6.75. The van der Waals surface area contributed by atoms with Gasteiger partial charge in [-0.15, -0.1) is 6.58 Å². The molecule has 1 unspecified atom stereocenters. The summed E-state index contributed by atoms with van der Waals surface area (Å²) in [5, 5.41) is 4.47. The zero-order valence-corrected chi connectivity index (χ0v) is 13.3. The first-order valence-electron chi connectivity index (χ1n) is 7.66. The third kappa shape index (κ3) is 5.10. The lowest BCUT2D eigenvalue weighted by atomic mass is 9.99. The van der Waals surface area contributed by atoms with Gasteiger partial charge in [-0.3, -0.25) is 16.0 Å². The Bertz CT molecular complexity index is 409. The summed E-state index contributed by atoms with van der Waals surface area (Å²) < 4.78 is 1.96. The van der Waals surface area contributed by atoms with Crippen molar-refractivity contribution in [2.75, 3.05) is 0 Å². The number of hydrogen-bond acceptors (Lipinski definition) is 3. The number of nitrogens with zero attached hydrogens (tertiary/aromatic N) is 2. The van der Waals surface area contributed by atoms with E-state index in [0.29, 0.717) is 6.04 Å². The molecule has 0 saturated carbocycles. The van der Waals surface area contributed by atoms with Gasteiger partial charge in [0.05, 0.1) is 5.69 Å². The van der Waals surface area contributed by atoms with Gasteiger partial charge in [0.1, 0.15) is 0 Å². The van der Waals surface area contributed by atoms with Crippen LogP contribution < -0.4 is 11.3 Å². The predicted octanol–water partition coefficient (Wildman–Crippen LogP) is 2.94. The number of allylic oxidation sites excluding steroid dienone is 1. The summed E-state index contributed by atoms with van der Waals surface area (Å²) in [6, 6.07) is 0.401. The van der Waals surface area contributed by atoms with Crippen LogP contribution in [0.3, 0.4) is 0 Å². The van der Waals surface area contributed by atoms with Gasteiger partial charge in [-0.2, -0.15) is 5.10 Å². The van der Waals surface area contributed by atoms with Crippen LogP contribution in [-0.4, -0.2) is 15.8 Å². The van der Waals surface area contributed by atoms with Crippen LogP contribution in [0.1, 0.15) is 55.5 Å². The van der Waals surface area contributed by atoms with E-state index in [1.807, 2.05) is 17.8 Å². The van der Waals surface area contributed by atoms with Gasteiger partial charge in [-0.1, -0.05) is 18.9 Å². The van der Waals surface area contributed by atoms with Gasteiger partial charge >= 0.3 is 0 Å². The molecule has 3 N–H and O–H groups in total. The molecule has 0 radical (unpaired) electrons. The normalized spacial score (nSPS) is 12.6. The number of aromatic nitrogens is 2. The molecule has 0 aliphatic carbocycles. The van der Waals surface area contributed by atoms with E-state index in [0.717, 1.165) is 31.4 Å². The average Bonchev–Trinajstić information content (AvgIpc) is 2.67. The maximum Gasteiger partial charge on any atom is 0.0628 e. The molecule has 0 saturated heterocycles. The second-order valence-electron chi connectivity index (χ2n) is 5.60. The van der Waals surface area contributed by atoms with Crippen LogP contribution in [0.15, 0.2) is 12.7 Å². The summed E-state index contributed by atoms with van der Waals surface area (Å²) in [4.78, 5) is 0. The minimum Gasteiger partial charge on any atom is -0.272 e. The van der Waals surface area contributed by atoms with Crippen molar-refractivity contribution in [1.82, 2.24) is 15.2 Å². The number of aryl methyl sites for hydroxylation is 2. The van der Waals surface area contributed by atoms with E-state index in [1.165, 1.54) is 30.5 Å².